The van der Waals surface area contributed by atoms with Gasteiger partial charge < -0.3 is 15.0 Å². The minimum absolute atomic E-state index is 0.368. The van der Waals surface area contributed by atoms with Gasteiger partial charge in [-0.05, 0) is 36.4 Å². The Morgan fingerprint density at radius 3 is 2.50 bits per heavy atom. The number of benzene rings is 2. The number of carbonyl (C=O) groups excluding carboxylic acids is 1. The van der Waals surface area contributed by atoms with Crippen molar-refractivity contribution in [2.45, 2.75) is 14.3 Å². The van der Waals surface area contributed by atoms with Gasteiger partial charge in [-0.15, -0.1) is 0 Å². The number of aromatic amines is 1. The lowest BCUT2D eigenvalue weighted by Crippen LogP contribution is -2.41. The Bertz CT molecular complexity index is 877. The smallest absolute Gasteiger partial charge is 0.252 e. The molecule has 1 aromatic heterocycles. The third kappa shape index (κ3) is 4.57. The van der Waals surface area contributed by atoms with E-state index in [4.69, 9.17) is 39.5 Å². The summed E-state index contributed by atoms with van der Waals surface area (Å²) in [4.78, 5) is 20.1. The molecular formula is C17H14Cl3N3O2S. The maximum atomic E-state index is 12.5. The van der Waals surface area contributed by atoms with Gasteiger partial charge in [0.1, 0.15) is 11.1 Å². The van der Waals surface area contributed by atoms with Crippen LogP contribution >= 0.6 is 46.6 Å². The Labute approximate surface area is 169 Å². The van der Waals surface area contributed by atoms with E-state index in [1.54, 1.807) is 31.4 Å². The van der Waals surface area contributed by atoms with Crippen molar-refractivity contribution in [2.75, 3.05) is 7.11 Å². The molecule has 0 fully saturated rings. The monoisotopic (exact) mass is 429 g/mol. The Kier molecular flexibility index (Phi) is 5.87. The van der Waals surface area contributed by atoms with Crippen LogP contribution in [0.25, 0.3) is 11.0 Å². The Morgan fingerprint density at radius 2 is 1.88 bits per heavy atom. The van der Waals surface area contributed by atoms with Crippen molar-refractivity contribution in [3.8, 4) is 5.75 Å². The van der Waals surface area contributed by atoms with Crippen LogP contribution in [0.5, 0.6) is 5.75 Å². The number of fused-ring (bicyclic) bond motifs is 1. The van der Waals surface area contributed by atoms with Gasteiger partial charge in [-0.1, -0.05) is 58.7 Å². The second-order valence-corrected chi connectivity index (χ2v) is 8.76. The third-order valence-electron chi connectivity index (χ3n) is 3.51. The molecule has 1 amide bonds. The molecule has 0 spiro atoms. The highest BCUT2D eigenvalue weighted by Gasteiger charge is 2.36. The number of alkyl halides is 3. The molecule has 0 bridgehead atoms. The first kappa shape index (κ1) is 19.2. The highest BCUT2D eigenvalue weighted by molar-refractivity contribution is 8.00. The number of aromatic nitrogens is 2. The molecule has 5 nitrogen and oxygen atoms in total. The van der Waals surface area contributed by atoms with Gasteiger partial charge in [0.2, 0.25) is 3.79 Å². The van der Waals surface area contributed by atoms with Crippen LogP contribution in [0.1, 0.15) is 10.4 Å². The molecule has 1 atom stereocenters. The van der Waals surface area contributed by atoms with E-state index in [0.29, 0.717) is 16.5 Å². The van der Waals surface area contributed by atoms with Gasteiger partial charge in [0.25, 0.3) is 5.91 Å². The standard InChI is InChI=1S/C17H14Cl3N3O2S/c1-25-11-8-6-10(7-9-11)14(24)23-15(17(18,19)20)26-16-21-12-4-2-3-5-13(12)22-16/h2-9,15H,1H3,(H,21,22)(H,23,24)/t15-/m1/s1. The van der Waals surface area contributed by atoms with E-state index in [-0.39, 0.29) is 5.91 Å². The Hall–Kier alpha value is -1.60. The first-order valence-electron chi connectivity index (χ1n) is 7.50. The van der Waals surface area contributed by atoms with Crippen molar-refractivity contribution in [3.05, 3.63) is 54.1 Å². The van der Waals surface area contributed by atoms with Crippen LogP contribution in [0.3, 0.4) is 0 Å². The number of rotatable bonds is 5. The number of thioether (sulfide) groups is 1. The van der Waals surface area contributed by atoms with Gasteiger partial charge >= 0.3 is 0 Å². The largest absolute Gasteiger partial charge is 0.497 e. The summed E-state index contributed by atoms with van der Waals surface area (Å²) in [6.45, 7) is 0. The van der Waals surface area contributed by atoms with Crippen molar-refractivity contribution in [2.24, 2.45) is 0 Å². The molecule has 2 aromatic carbocycles. The van der Waals surface area contributed by atoms with E-state index in [1.165, 1.54) is 0 Å². The summed E-state index contributed by atoms with van der Waals surface area (Å²) in [7, 11) is 1.55. The number of nitrogens with zero attached hydrogens (tertiary/aromatic N) is 1. The summed E-state index contributed by atoms with van der Waals surface area (Å²) in [6, 6.07) is 14.2. The molecule has 0 aliphatic heterocycles. The van der Waals surface area contributed by atoms with Gasteiger partial charge in [-0.3, -0.25) is 4.79 Å². The fourth-order valence-corrected chi connectivity index (χ4v) is 3.63. The first-order valence-corrected chi connectivity index (χ1v) is 9.51. The molecule has 0 saturated heterocycles. The number of carbonyl (C=O) groups is 1. The van der Waals surface area contributed by atoms with Crippen molar-refractivity contribution < 1.29 is 9.53 Å². The van der Waals surface area contributed by atoms with E-state index >= 15 is 0 Å². The molecule has 3 aromatic rings. The summed E-state index contributed by atoms with van der Waals surface area (Å²) >= 11 is 19.3. The summed E-state index contributed by atoms with van der Waals surface area (Å²) in [5, 5.41) is 2.43. The molecule has 3 rings (SSSR count). The van der Waals surface area contributed by atoms with Gasteiger partial charge in [-0.2, -0.15) is 0 Å². The lowest BCUT2D eigenvalue weighted by molar-refractivity contribution is 0.0950. The average Bonchev–Trinajstić information content (AvgIpc) is 3.03. The SMILES string of the molecule is COc1ccc(C(=O)N[C@H](Sc2nc3ccccc3[nH]2)C(Cl)(Cl)Cl)cc1. The van der Waals surface area contributed by atoms with Crippen molar-refractivity contribution >= 4 is 63.5 Å². The van der Waals surface area contributed by atoms with Crippen molar-refractivity contribution in [1.82, 2.24) is 15.3 Å². The minimum Gasteiger partial charge on any atom is -0.497 e. The van der Waals surface area contributed by atoms with E-state index in [9.17, 15) is 4.79 Å². The number of amides is 1. The van der Waals surface area contributed by atoms with Crippen LogP contribution in [0.2, 0.25) is 0 Å². The van der Waals surface area contributed by atoms with Gasteiger partial charge in [-0.25, -0.2) is 4.98 Å². The van der Waals surface area contributed by atoms with E-state index in [0.717, 1.165) is 22.8 Å². The van der Waals surface area contributed by atoms with Gasteiger partial charge in [0.05, 0.1) is 18.1 Å². The van der Waals surface area contributed by atoms with Crippen LogP contribution in [0.4, 0.5) is 0 Å². The van der Waals surface area contributed by atoms with Crippen LogP contribution in [-0.4, -0.2) is 32.2 Å². The molecule has 0 unspecified atom stereocenters. The molecule has 9 heteroatoms. The lowest BCUT2D eigenvalue weighted by Gasteiger charge is -2.24. The number of hydrogen-bond donors (Lipinski definition) is 2. The van der Waals surface area contributed by atoms with Crippen LogP contribution in [-0.2, 0) is 0 Å². The molecule has 0 aliphatic carbocycles. The van der Waals surface area contributed by atoms with Gasteiger partial charge in [0.15, 0.2) is 5.16 Å². The number of halogens is 3. The molecule has 0 radical (unpaired) electrons. The highest BCUT2D eigenvalue weighted by atomic mass is 35.6. The second kappa shape index (κ2) is 7.96. The zero-order valence-electron chi connectivity index (χ0n) is 13.5. The molecule has 136 valence electrons. The fraction of sp³-hybridized carbons (Fsp3) is 0.176. The molecule has 26 heavy (non-hydrogen) atoms. The molecule has 2 N–H and O–H groups in total. The van der Waals surface area contributed by atoms with E-state index in [2.05, 4.69) is 15.3 Å². The Morgan fingerprint density at radius 1 is 1.19 bits per heavy atom. The predicted molar refractivity (Wildman–Crippen MR) is 106 cm³/mol. The predicted octanol–water partition coefficient (Wildman–Crippen LogP) is 4.79. The summed E-state index contributed by atoms with van der Waals surface area (Å²) in [6.07, 6.45) is 0. The molecular weight excluding hydrogens is 417 g/mol. The average molecular weight is 431 g/mol. The van der Waals surface area contributed by atoms with Crippen LogP contribution in [0.15, 0.2) is 53.7 Å². The Balaban J connectivity index is 1.78. The lowest BCUT2D eigenvalue weighted by atomic mass is 10.2. The van der Waals surface area contributed by atoms with Crippen LogP contribution in [0, 0.1) is 0 Å². The third-order valence-corrected chi connectivity index (χ3v) is 5.68. The van der Waals surface area contributed by atoms with Crippen LogP contribution < -0.4 is 10.1 Å². The quantitative estimate of drug-likeness (QED) is 0.347. The first-order chi connectivity index (χ1) is 12.4. The van der Waals surface area contributed by atoms with E-state index in [1.807, 2.05) is 24.3 Å². The maximum Gasteiger partial charge on any atom is 0.252 e. The number of methoxy groups -OCH3 is 1. The summed E-state index contributed by atoms with van der Waals surface area (Å²) in [5.74, 6) is 0.281. The number of hydrogen-bond acceptors (Lipinski definition) is 4. The van der Waals surface area contributed by atoms with Gasteiger partial charge in [0, 0.05) is 5.56 Å². The number of para-hydroxylation sites is 2. The minimum atomic E-state index is -1.73. The molecule has 0 saturated carbocycles. The van der Waals surface area contributed by atoms with Crippen molar-refractivity contribution in [1.29, 1.82) is 0 Å². The normalized spacial score (nSPS) is 12.8. The van der Waals surface area contributed by atoms with E-state index < -0.39 is 9.17 Å². The zero-order chi connectivity index (χ0) is 18.7. The number of imidazole rings is 1. The number of H-pyrrole nitrogens is 1. The fourth-order valence-electron chi connectivity index (χ4n) is 2.22. The second-order valence-electron chi connectivity index (χ2n) is 5.30. The molecule has 1 heterocycles. The topological polar surface area (TPSA) is 67.0 Å². The molecule has 0 aliphatic rings. The number of ether oxygens (including phenoxy) is 1. The highest BCUT2D eigenvalue weighted by Crippen LogP contribution is 2.39. The maximum absolute atomic E-state index is 12.5. The summed E-state index contributed by atoms with van der Waals surface area (Å²) in [5.41, 5.74) is 2.08. The van der Waals surface area contributed by atoms with Crippen molar-refractivity contribution in [3.63, 3.8) is 0 Å². The number of nitrogens with one attached hydrogen (secondary N) is 2. The zero-order valence-corrected chi connectivity index (χ0v) is 16.6. The summed E-state index contributed by atoms with van der Waals surface area (Å²) < 4.78 is 3.35.